The predicted octanol–water partition coefficient (Wildman–Crippen LogP) is 2.94. The van der Waals surface area contributed by atoms with E-state index < -0.39 is 10.0 Å². The quantitative estimate of drug-likeness (QED) is 0.687. The summed E-state index contributed by atoms with van der Waals surface area (Å²) >= 11 is 5.93. The van der Waals surface area contributed by atoms with E-state index >= 15 is 0 Å². The minimum atomic E-state index is -3.83. The van der Waals surface area contributed by atoms with E-state index in [1.165, 1.54) is 18.2 Å². The van der Waals surface area contributed by atoms with Gasteiger partial charge in [0.25, 0.3) is 10.0 Å². The number of hydrogen-bond acceptors (Lipinski definition) is 6. The van der Waals surface area contributed by atoms with Crippen LogP contribution in [0.4, 0.5) is 11.6 Å². The molecule has 128 valence electrons. The molecular formula is C16H14ClN5O2S. The summed E-state index contributed by atoms with van der Waals surface area (Å²) in [5.41, 5.74) is 0.854. The number of pyridine rings is 1. The van der Waals surface area contributed by atoms with E-state index in [9.17, 15) is 8.42 Å². The molecule has 0 unspecified atom stereocenters. The Hall–Kier alpha value is -2.71. The lowest BCUT2D eigenvalue weighted by Gasteiger charge is -2.09. The molecule has 0 atom stereocenters. The standard InChI is InChI=1S/C16H14ClN5O2S/c17-13-6-1-2-7-14(13)25(23,24)22-16-9-8-15(20-21-16)19-11-12-5-3-4-10-18-12/h1-10H,11H2,(H,19,20)(H,21,22). The molecule has 0 aliphatic rings. The lowest BCUT2D eigenvalue weighted by atomic mass is 10.3. The van der Waals surface area contributed by atoms with Crippen LogP contribution in [0.5, 0.6) is 0 Å². The molecule has 0 saturated carbocycles. The number of aromatic nitrogens is 3. The van der Waals surface area contributed by atoms with Gasteiger partial charge in [0, 0.05) is 6.20 Å². The maximum Gasteiger partial charge on any atom is 0.264 e. The average molecular weight is 376 g/mol. The van der Waals surface area contributed by atoms with E-state index in [2.05, 4.69) is 25.2 Å². The third-order valence-corrected chi connectivity index (χ3v) is 5.06. The van der Waals surface area contributed by atoms with Gasteiger partial charge in [0.15, 0.2) is 5.82 Å². The van der Waals surface area contributed by atoms with Gasteiger partial charge >= 0.3 is 0 Å². The minimum absolute atomic E-state index is 0.0178. The molecule has 2 N–H and O–H groups in total. The van der Waals surface area contributed by atoms with Crippen LogP contribution >= 0.6 is 11.6 Å². The average Bonchev–Trinajstić information content (AvgIpc) is 2.62. The molecule has 2 aromatic heterocycles. The number of sulfonamides is 1. The number of benzene rings is 1. The van der Waals surface area contributed by atoms with E-state index in [0.29, 0.717) is 12.4 Å². The van der Waals surface area contributed by atoms with Crippen molar-refractivity contribution in [2.75, 3.05) is 10.0 Å². The van der Waals surface area contributed by atoms with E-state index in [0.717, 1.165) is 5.69 Å². The zero-order valence-corrected chi connectivity index (χ0v) is 14.5. The third-order valence-electron chi connectivity index (χ3n) is 3.21. The van der Waals surface area contributed by atoms with Gasteiger partial charge in [0.05, 0.1) is 17.3 Å². The predicted molar refractivity (Wildman–Crippen MR) is 95.9 cm³/mol. The summed E-state index contributed by atoms with van der Waals surface area (Å²) in [6.45, 7) is 0.486. The van der Waals surface area contributed by atoms with Crippen molar-refractivity contribution in [3.63, 3.8) is 0 Å². The van der Waals surface area contributed by atoms with Crippen LogP contribution in [0.25, 0.3) is 0 Å². The molecule has 1 aromatic carbocycles. The van der Waals surface area contributed by atoms with Crippen LogP contribution in [0, 0.1) is 0 Å². The fourth-order valence-corrected chi connectivity index (χ4v) is 3.54. The van der Waals surface area contributed by atoms with Crippen molar-refractivity contribution in [1.82, 2.24) is 15.2 Å². The summed E-state index contributed by atoms with van der Waals surface area (Å²) in [6.07, 6.45) is 1.70. The molecule has 0 aliphatic carbocycles. The van der Waals surface area contributed by atoms with Crippen LogP contribution in [0.1, 0.15) is 5.69 Å². The minimum Gasteiger partial charge on any atom is -0.363 e. The summed E-state index contributed by atoms with van der Waals surface area (Å²) < 4.78 is 27.0. The molecule has 0 saturated heterocycles. The van der Waals surface area contributed by atoms with E-state index in [4.69, 9.17) is 11.6 Å². The van der Waals surface area contributed by atoms with E-state index in [1.807, 2.05) is 18.2 Å². The van der Waals surface area contributed by atoms with Gasteiger partial charge in [0.2, 0.25) is 0 Å². The summed E-state index contributed by atoms with van der Waals surface area (Å²) in [5.74, 6) is 0.606. The number of halogens is 1. The number of nitrogens with zero attached hydrogens (tertiary/aromatic N) is 3. The van der Waals surface area contributed by atoms with E-state index in [1.54, 1.807) is 24.4 Å². The Balaban J connectivity index is 1.67. The Kier molecular flexibility index (Phi) is 5.11. The van der Waals surface area contributed by atoms with Gasteiger partial charge in [-0.1, -0.05) is 29.8 Å². The Labute approximate surface area is 150 Å². The number of rotatable bonds is 6. The van der Waals surface area contributed by atoms with Crippen LogP contribution in [-0.4, -0.2) is 23.6 Å². The molecule has 0 bridgehead atoms. The van der Waals surface area contributed by atoms with Crippen molar-refractivity contribution in [2.45, 2.75) is 11.4 Å². The first kappa shape index (κ1) is 17.1. The molecule has 3 rings (SSSR count). The van der Waals surface area contributed by atoms with Gasteiger partial charge in [-0.3, -0.25) is 9.71 Å². The summed E-state index contributed by atoms with van der Waals surface area (Å²) in [5, 5.41) is 11.0. The number of hydrogen-bond donors (Lipinski definition) is 2. The van der Waals surface area contributed by atoms with Gasteiger partial charge in [-0.05, 0) is 36.4 Å². The summed E-state index contributed by atoms with van der Waals surface area (Å²) in [6, 6.07) is 14.9. The zero-order chi connectivity index (χ0) is 17.7. The molecule has 9 heteroatoms. The van der Waals surface area contributed by atoms with Gasteiger partial charge < -0.3 is 5.32 Å². The molecule has 0 spiro atoms. The lowest BCUT2D eigenvalue weighted by molar-refractivity contribution is 0.601. The lowest BCUT2D eigenvalue weighted by Crippen LogP contribution is -2.15. The molecule has 7 nitrogen and oxygen atoms in total. The molecule has 0 aliphatic heterocycles. The smallest absolute Gasteiger partial charge is 0.264 e. The fraction of sp³-hybridized carbons (Fsp3) is 0.0625. The van der Waals surface area contributed by atoms with Gasteiger partial charge in [-0.25, -0.2) is 8.42 Å². The first-order valence-corrected chi connectivity index (χ1v) is 9.15. The van der Waals surface area contributed by atoms with Crippen LogP contribution < -0.4 is 10.0 Å². The molecule has 0 amide bonds. The molecule has 2 heterocycles. The van der Waals surface area contributed by atoms with Crippen molar-refractivity contribution in [3.8, 4) is 0 Å². The highest BCUT2D eigenvalue weighted by Crippen LogP contribution is 2.22. The van der Waals surface area contributed by atoms with E-state index in [-0.39, 0.29) is 15.7 Å². The second-order valence-electron chi connectivity index (χ2n) is 5.01. The Morgan fingerprint density at radius 1 is 0.920 bits per heavy atom. The number of anilines is 2. The van der Waals surface area contributed by atoms with Crippen LogP contribution in [0.3, 0.4) is 0 Å². The van der Waals surface area contributed by atoms with Crippen molar-refractivity contribution >= 4 is 33.3 Å². The molecule has 0 radical (unpaired) electrons. The normalized spacial score (nSPS) is 11.1. The Bertz CT molecular complexity index is 950. The fourth-order valence-electron chi connectivity index (χ4n) is 2.02. The van der Waals surface area contributed by atoms with Crippen LogP contribution in [0.15, 0.2) is 65.7 Å². The van der Waals surface area contributed by atoms with Crippen molar-refractivity contribution < 1.29 is 8.42 Å². The largest absolute Gasteiger partial charge is 0.363 e. The maximum absolute atomic E-state index is 12.3. The zero-order valence-electron chi connectivity index (χ0n) is 12.9. The van der Waals surface area contributed by atoms with Crippen LogP contribution in [-0.2, 0) is 16.6 Å². The van der Waals surface area contributed by atoms with Gasteiger partial charge in [-0.2, -0.15) is 0 Å². The highest BCUT2D eigenvalue weighted by molar-refractivity contribution is 7.92. The Morgan fingerprint density at radius 3 is 2.32 bits per heavy atom. The first-order valence-electron chi connectivity index (χ1n) is 7.29. The highest BCUT2D eigenvalue weighted by atomic mass is 35.5. The van der Waals surface area contributed by atoms with Crippen LogP contribution in [0.2, 0.25) is 5.02 Å². The maximum atomic E-state index is 12.3. The van der Waals surface area contributed by atoms with Gasteiger partial charge in [-0.15, -0.1) is 10.2 Å². The topological polar surface area (TPSA) is 96.9 Å². The van der Waals surface area contributed by atoms with Crippen molar-refractivity contribution in [3.05, 3.63) is 71.5 Å². The molecule has 3 aromatic rings. The second-order valence-corrected chi connectivity index (χ2v) is 7.07. The molecule has 25 heavy (non-hydrogen) atoms. The monoisotopic (exact) mass is 375 g/mol. The highest BCUT2D eigenvalue weighted by Gasteiger charge is 2.18. The SMILES string of the molecule is O=S(=O)(Nc1ccc(NCc2ccccn2)nn1)c1ccccc1Cl. The molecular weight excluding hydrogens is 362 g/mol. The third kappa shape index (κ3) is 4.43. The number of nitrogens with one attached hydrogen (secondary N) is 2. The van der Waals surface area contributed by atoms with Crippen molar-refractivity contribution in [2.24, 2.45) is 0 Å². The second kappa shape index (κ2) is 7.45. The van der Waals surface area contributed by atoms with Gasteiger partial charge in [0.1, 0.15) is 10.7 Å². The molecule has 0 fully saturated rings. The summed E-state index contributed by atoms with van der Waals surface area (Å²) in [4.78, 5) is 4.17. The summed E-state index contributed by atoms with van der Waals surface area (Å²) in [7, 11) is -3.83. The first-order chi connectivity index (χ1) is 12.0. The Morgan fingerprint density at radius 2 is 1.64 bits per heavy atom. The van der Waals surface area contributed by atoms with Crippen molar-refractivity contribution in [1.29, 1.82) is 0 Å².